The molecule has 0 bridgehead atoms. The Morgan fingerprint density at radius 1 is 1.24 bits per heavy atom. The first-order valence-electron chi connectivity index (χ1n) is 6.39. The summed E-state index contributed by atoms with van der Waals surface area (Å²) in [5.74, 6) is -2.18. The molecular formula is C16H16O5. The van der Waals surface area contributed by atoms with E-state index in [9.17, 15) is 20.1 Å². The van der Waals surface area contributed by atoms with Gasteiger partial charge in [0.2, 0.25) is 5.79 Å². The number of phenols is 2. The molecule has 0 aliphatic heterocycles. The minimum Gasteiger partial charge on any atom is -0.508 e. The average molecular weight is 288 g/mol. The Bertz CT molecular complexity index is 622. The number of rotatable bonds is 3. The Morgan fingerprint density at radius 2 is 1.90 bits per heavy atom. The van der Waals surface area contributed by atoms with Crippen LogP contribution in [0.5, 0.6) is 11.5 Å². The highest BCUT2D eigenvalue weighted by Crippen LogP contribution is 2.25. The molecule has 0 saturated heterocycles. The molecule has 0 heterocycles. The molecular weight excluding hydrogens is 272 g/mol. The Balaban J connectivity index is 2.07. The van der Waals surface area contributed by atoms with E-state index in [4.69, 9.17) is 4.74 Å². The van der Waals surface area contributed by atoms with Crippen molar-refractivity contribution in [1.82, 2.24) is 0 Å². The number of ether oxygens (including phenoxy) is 1. The highest BCUT2D eigenvalue weighted by atomic mass is 16.7. The molecule has 1 unspecified atom stereocenters. The molecule has 2 rings (SSSR count). The van der Waals surface area contributed by atoms with Gasteiger partial charge in [0.25, 0.3) is 0 Å². The molecule has 1 aliphatic carbocycles. The molecule has 5 nitrogen and oxygen atoms in total. The van der Waals surface area contributed by atoms with Gasteiger partial charge >= 0.3 is 5.97 Å². The van der Waals surface area contributed by atoms with Crippen molar-refractivity contribution in [2.45, 2.75) is 19.1 Å². The van der Waals surface area contributed by atoms with Crippen LogP contribution in [0.25, 0.3) is 6.08 Å². The van der Waals surface area contributed by atoms with E-state index in [1.165, 1.54) is 31.2 Å². The molecule has 0 spiro atoms. The van der Waals surface area contributed by atoms with E-state index in [-0.39, 0.29) is 17.9 Å². The van der Waals surface area contributed by atoms with Crippen molar-refractivity contribution in [1.29, 1.82) is 0 Å². The van der Waals surface area contributed by atoms with Gasteiger partial charge in [-0.25, -0.2) is 0 Å². The van der Waals surface area contributed by atoms with Crippen molar-refractivity contribution >= 4 is 12.0 Å². The van der Waals surface area contributed by atoms with Gasteiger partial charge in [0, 0.05) is 19.4 Å². The largest absolute Gasteiger partial charge is 0.508 e. The summed E-state index contributed by atoms with van der Waals surface area (Å²) in [5.41, 5.74) is 1.46. The molecule has 0 aromatic heterocycles. The van der Waals surface area contributed by atoms with Crippen molar-refractivity contribution in [2.75, 3.05) is 0 Å². The molecule has 1 atom stereocenters. The van der Waals surface area contributed by atoms with Gasteiger partial charge in [0.05, 0.1) is 0 Å². The summed E-state index contributed by atoms with van der Waals surface area (Å²) in [6.45, 7) is 1.24. The maximum atomic E-state index is 10.9. The molecule has 1 aromatic carbocycles. The minimum absolute atomic E-state index is 0.0213. The summed E-state index contributed by atoms with van der Waals surface area (Å²) in [6.07, 6.45) is 8.40. The number of aliphatic hydroxyl groups is 1. The summed E-state index contributed by atoms with van der Waals surface area (Å²) in [4.78, 5) is 10.9. The molecule has 1 aliphatic rings. The van der Waals surface area contributed by atoms with Crippen molar-refractivity contribution in [2.24, 2.45) is 0 Å². The quantitative estimate of drug-likeness (QED) is 0.586. The molecule has 1 aromatic rings. The number of hydrogen-bond donors (Lipinski definition) is 3. The zero-order chi connectivity index (χ0) is 15.5. The number of aromatic hydroxyl groups is 2. The van der Waals surface area contributed by atoms with Gasteiger partial charge in [-0.1, -0.05) is 24.3 Å². The molecule has 21 heavy (non-hydrogen) atoms. The van der Waals surface area contributed by atoms with E-state index in [0.29, 0.717) is 5.56 Å². The van der Waals surface area contributed by atoms with Crippen LogP contribution >= 0.6 is 0 Å². The van der Waals surface area contributed by atoms with Gasteiger partial charge in [-0.05, 0) is 29.3 Å². The third-order valence-electron chi connectivity index (χ3n) is 2.88. The van der Waals surface area contributed by atoms with E-state index in [1.54, 1.807) is 24.3 Å². The molecule has 0 saturated carbocycles. The third kappa shape index (κ3) is 4.22. The standard InChI is InChI=1S/C16H16O5/c1-11(17)21-16(20)6-4-12(5-7-16)2-3-13-8-14(18)10-15(19)9-13/h2-6,8-10,18-20H,7H2,1H3. The van der Waals surface area contributed by atoms with Gasteiger partial charge in [0.15, 0.2) is 0 Å². The molecule has 3 N–H and O–H groups in total. The van der Waals surface area contributed by atoms with E-state index in [2.05, 4.69) is 0 Å². The maximum Gasteiger partial charge on any atom is 0.305 e. The Kier molecular flexibility index (Phi) is 4.14. The van der Waals surface area contributed by atoms with Crippen LogP contribution in [-0.4, -0.2) is 27.1 Å². The van der Waals surface area contributed by atoms with Gasteiger partial charge in [-0.15, -0.1) is 0 Å². The zero-order valence-corrected chi connectivity index (χ0v) is 11.5. The molecule has 0 fully saturated rings. The first-order valence-corrected chi connectivity index (χ1v) is 6.39. The lowest BCUT2D eigenvalue weighted by atomic mass is 10.0. The van der Waals surface area contributed by atoms with Gasteiger partial charge in [0.1, 0.15) is 11.5 Å². The minimum atomic E-state index is -1.59. The zero-order valence-electron chi connectivity index (χ0n) is 11.5. The summed E-state index contributed by atoms with van der Waals surface area (Å²) in [7, 11) is 0. The van der Waals surface area contributed by atoms with Crippen LogP contribution in [0.2, 0.25) is 0 Å². The number of phenolic OH excluding ortho intramolecular Hbond substituents is 2. The SMILES string of the molecule is CC(=O)OC1(O)C=CC(C=Cc2cc(O)cc(O)c2)=CC1. The van der Waals surface area contributed by atoms with E-state index >= 15 is 0 Å². The van der Waals surface area contributed by atoms with Crippen LogP contribution in [0.1, 0.15) is 18.9 Å². The maximum absolute atomic E-state index is 10.9. The molecule has 5 heteroatoms. The number of carbonyl (C=O) groups is 1. The second-order valence-electron chi connectivity index (χ2n) is 4.80. The lowest BCUT2D eigenvalue weighted by Crippen LogP contribution is -2.32. The van der Waals surface area contributed by atoms with Crippen LogP contribution in [0.4, 0.5) is 0 Å². The fraction of sp³-hybridized carbons (Fsp3) is 0.188. The van der Waals surface area contributed by atoms with Crippen molar-refractivity contribution < 1.29 is 24.9 Å². The van der Waals surface area contributed by atoms with Crippen molar-refractivity contribution in [3.63, 3.8) is 0 Å². The number of hydrogen-bond acceptors (Lipinski definition) is 5. The van der Waals surface area contributed by atoms with Crippen LogP contribution in [-0.2, 0) is 9.53 Å². The Labute approximate surface area is 122 Å². The Hall–Kier alpha value is -2.53. The normalized spacial score (nSPS) is 21.3. The predicted octanol–water partition coefficient (Wildman–Crippen LogP) is 2.25. The van der Waals surface area contributed by atoms with E-state index in [0.717, 1.165) is 5.57 Å². The Morgan fingerprint density at radius 3 is 2.43 bits per heavy atom. The number of carbonyl (C=O) groups excluding carboxylic acids is 1. The van der Waals surface area contributed by atoms with Crippen molar-refractivity contribution in [3.05, 3.63) is 53.6 Å². The first-order chi connectivity index (χ1) is 9.86. The summed E-state index contributed by atoms with van der Waals surface area (Å²) >= 11 is 0. The second kappa shape index (κ2) is 5.85. The van der Waals surface area contributed by atoms with Gasteiger partial charge in [-0.2, -0.15) is 0 Å². The lowest BCUT2D eigenvalue weighted by molar-refractivity contribution is -0.187. The lowest BCUT2D eigenvalue weighted by Gasteiger charge is -2.25. The highest BCUT2D eigenvalue weighted by Gasteiger charge is 2.27. The topological polar surface area (TPSA) is 87.0 Å². The van der Waals surface area contributed by atoms with Crippen LogP contribution < -0.4 is 0 Å². The summed E-state index contributed by atoms with van der Waals surface area (Å²) in [5, 5.41) is 28.7. The van der Waals surface area contributed by atoms with E-state index < -0.39 is 11.8 Å². The molecule has 110 valence electrons. The molecule has 0 radical (unpaired) electrons. The highest BCUT2D eigenvalue weighted by molar-refractivity contribution is 5.67. The fourth-order valence-electron chi connectivity index (χ4n) is 1.98. The fourth-order valence-corrected chi connectivity index (χ4v) is 1.98. The predicted molar refractivity (Wildman–Crippen MR) is 77.4 cm³/mol. The number of allylic oxidation sites excluding steroid dienone is 3. The van der Waals surface area contributed by atoms with Crippen LogP contribution in [0.3, 0.4) is 0 Å². The van der Waals surface area contributed by atoms with Crippen LogP contribution in [0.15, 0.2) is 48.1 Å². The van der Waals surface area contributed by atoms with E-state index in [1.807, 2.05) is 0 Å². The number of esters is 1. The average Bonchev–Trinajstić information content (AvgIpc) is 2.36. The first kappa shape index (κ1) is 14.9. The van der Waals surface area contributed by atoms with Crippen LogP contribution in [0, 0.1) is 0 Å². The van der Waals surface area contributed by atoms with Gasteiger partial charge in [-0.3, -0.25) is 4.79 Å². The number of benzene rings is 1. The smallest absolute Gasteiger partial charge is 0.305 e. The molecule has 0 amide bonds. The van der Waals surface area contributed by atoms with Crippen molar-refractivity contribution in [3.8, 4) is 11.5 Å². The third-order valence-corrected chi connectivity index (χ3v) is 2.88. The second-order valence-corrected chi connectivity index (χ2v) is 4.80. The monoisotopic (exact) mass is 288 g/mol. The summed E-state index contributed by atoms with van der Waals surface area (Å²) in [6, 6.07) is 4.27. The summed E-state index contributed by atoms with van der Waals surface area (Å²) < 4.78 is 4.82. The van der Waals surface area contributed by atoms with Gasteiger partial charge < -0.3 is 20.1 Å².